The zero-order valence-electron chi connectivity index (χ0n) is 27.1. The second-order valence-corrected chi connectivity index (χ2v) is 12.4. The Morgan fingerprint density at radius 1 is 0.360 bits per heavy atom. The van der Waals surface area contributed by atoms with Gasteiger partial charge in [0.15, 0.2) is 0 Å². The van der Waals surface area contributed by atoms with Crippen molar-refractivity contribution < 1.29 is 29.9 Å². The van der Waals surface area contributed by atoms with Gasteiger partial charge in [0, 0.05) is 11.1 Å². The first kappa shape index (κ1) is 31.2. The molecule has 0 spiro atoms. The van der Waals surface area contributed by atoms with E-state index < -0.39 is 0 Å². The highest BCUT2D eigenvalue weighted by Crippen LogP contribution is 2.47. The molecule has 0 aliphatic heterocycles. The summed E-state index contributed by atoms with van der Waals surface area (Å²) in [4.78, 5) is 0. The van der Waals surface area contributed by atoms with Crippen LogP contribution in [0.25, 0.3) is 76.5 Å². The molecule has 0 amide bonds. The molecule has 0 bridgehead atoms. The fourth-order valence-corrected chi connectivity index (χ4v) is 6.87. The summed E-state index contributed by atoms with van der Waals surface area (Å²) >= 11 is 0. The van der Waals surface area contributed by atoms with Crippen LogP contribution in [0.15, 0.2) is 133 Å². The van der Waals surface area contributed by atoms with Crippen LogP contribution in [0.4, 0.5) is 0 Å². The van der Waals surface area contributed by atoms with E-state index >= 15 is 0 Å². The summed E-state index contributed by atoms with van der Waals surface area (Å²) in [6.45, 7) is -0.00196. The van der Waals surface area contributed by atoms with Crippen LogP contribution in [-0.4, -0.2) is 46.9 Å². The smallest absolute Gasteiger partial charge is 0.128 e. The maximum absolute atomic E-state index is 9.92. The van der Waals surface area contributed by atoms with E-state index in [0.29, 0.717) is 11.5 Å². The van der Waals surface area contributed by atoms with E-state index in [1.807, 2.05) is 48.5 Å². The number of benzene rings is 8. The number of phenolic OH excluding ortho intramolecular Hbond substituents is 2. The van der Waals surface area contributed by atoms with Crippen LogP contribution in [0.1, 0.15) is 0 Å². The predicted molar refractivity (Wildman–Crippen MR) is 201 cm³/mol. The minimum Gasteiger partial charge on any atom is -0.508 e. The average Bonchev–Trinajstić information content (AvgIpc) is 3.15. The number of hydrogen-bond donors (Lipinski definition) is 4. The third-order valence-corrected chi connectivity index (χ3v) is 9.23. The van der Waals surface area contributed by atoms with Crippen LogP contribution in [0.3, 0.4) is 0 Å². The first-order valence-electron chi connectivity index (χ1n) is 16.6. The molecule has 0 saturated carbocycles. The van der Waals surface area contributed by atoms with Crippen LogP contribution >= 0.6 is 0 Å². The second-order valence-electron chi connectivity index (χ2n) is 12.4. The second kappa shape index (κ2) is 13.1. The summed E-state index contributed by atoms with van der Waals surface area (Å²) in [7, 11) is 0. The van der Waals surface area contributed by atoms with Crippen molar-refractivity contribution in [2.24, 2.45) is 0 Å². The zero-order valence-corrected chi connectivity index (χ0v) is 27.1. The molecule has 0 fully saturated rings. The van der Waals surface area contributed by atoms with Crippen LogP contribution in [0, 0.1) is 0 Å². The highest BCUT2D eigenvalue weighted by Gasteiger charge is 2.20. The zero-order chi connectivity index (χ0) is 34.2. The lowest BCUT2D eigenvalue weighted by atomic mass is 9.89. The van der Waals surface area contributed by atoms with Crippen molar-refractivity contribution in [2.45, 2.75) is 0 Å². The highest BCUT2D eigenvalue weighted by atomic mass is 16.5. The molecule has 0 heterocycles. The van der Waals surface area contributed by atoms with Gasteiger partial charge in [-0.25, -0.2) is 0 Å². The topological polar surface area (TPSA) is 99.4 Å². The molecule has 6 nitrogen and oxygen atoms in total. The quantitative estimate of drug-likeness (QED) is 0.123. The fraction of sp³-hybridized carbons (Fsp3) is 0.0909. The van der Waals surface area contributed by atoms with Crippen molar-refractivity contribution in [1.29, 1.82) is 0 Å². The van der Waals surface area contributed by atoms with Gasteiger partial charge in [0.05, 0.1) is 13.2 Å². The number of phenols is 2. The lowest BCUT2D eigenvalue weighted by Gasteiger charge is -2.20. The van der Waals surface area contributed by atoms with Crippen molar-refractivity contribution in [3.8, 4) is 56.4 Å². The SMILES string of the molecule is OCCOc1ccc2cc(-c3ccc4cc(O)ccc4c3)ccc2c1-c1c(OCCO)ccc2cc(-c3ccc4cc(O)ccc4c3)ccc12. The summed E-state index contributed by atoms with van der Waals surface area (Å²) in [6, 6.07) is 43.8. The molecule has 0 aromatic heterocycles. The number of aliphatic hydroxyl groups excluding tert-OH is 2. The van der Waals surface area contributed by atoms with Gasteiger partial charge in [0.25, 0.3) is 0 Å². The minimum atomic E-state index is -0.131. The highest BCUT2D eigenvalue weighted by molar-refractivity contribution is 6.11. The molecule has 0 aliphatic rings. The van der Waals surface area contributed by atoms with E-state index in [9.17, 15) is 20.4 Å². The predicted octanol–water partition coefficient (Wildman–Crippen LogP) is 9.45. The summed E-state index contributed by atoms with van der Waals surface area (Å²) in [5.41, 5.74) is 5.89. The first-order chi connectivity index (χ1) is 24.5. The van der Waals surface area contributed by atoms with E-state index in [0.717, 1.165) is 76.5 Å². The van der Waals surface area contributed by atoms with E-state index in [1.54, 1.807) is 24.3 Å². The molecule has 8 rings (SSSR count). The lowest BCUT2D eigenvalue weighted by molar-refractivity contribution is 0.200. The molecule has 0 radical (unpaired) electrons. The Labute approximate surface area is 288 Å². The summed E-state index contributed by atoms with van der Waals surface area (Å²) < 4.78 is 12.4. The van der Waals surface area contributed by atoms with Crippen LogP contribution in [-0.2, 0) is 0 Å². The van der Waals surface area contributed by atoms with Gasteiger partial charge in [0.1, 0.15) is 36.2 Å². The molecular formula is C44H34O6. The van der Waals surface area contributed by atoms with Crippen molar-refractivity contribution in [1.82, 2.24) is 0 Å². The number of ether oxygens (including phenoxy) is 2. The van der Waals surface area contributed by atoms with E-state index in [-0.39, 0.29) is 37.9 Å². The fourth-order valence-electron chi connectivity index (χ4n) is 6.87. The maximum Gasteiger partial charge on any atom is 0.128 e. The van der Waals surface area contributed by atoms with E-state index in [4.69, 9.17) is 9.47 Å². The first-order valence-corrected chi connectivity index (χ1v) is 16.6. The van der Waals surface area contributed by atoms with Crippen LogP contribution in [0.2, 0.25) is 0 Å². The Morgan fingerprint density at radius 3 is 1.12 bits per heavy atom. The molecule has 8 aromatic carbocycles. The Bertz CT molecular complexity index is 2380. The number of aromatic hydroxyl groups is 2. The summed E-state index contributed by atoms with van der Waals surface area (Å²) in [6.07, 6.45) is 0. The molecule has 8 aromatic rings. The van der Waals surface area contributed by atoms with Crippen molar-refractivity contribution >= 4 is 43.1 Å². The normalized spacial score (nSPS) is 11.5. The molecule has 4 N–H and O–H groups in total. The number of hydrogen-bond acceptors (Lipinski definition) is 6. The van der Waals surface area contributed by atoms with Crippen molar-refractivity contribution in [2.75, 3.05) is 26.4 Å². The van der Waals surface area contributed by atoms with Gasteiger partial charge in [-0.1, -0.05) is 72.8 Å². The molecule has 6 heteroatoms. The number of rotatable bonds is 9. The molecule has 246 valence electrons. The van der Waals surface area contributed by atoms with Gasteiger partial charge in [-0.3, -0.25) is 0 Å². The Morgan fingerprint density at radius 2 is 0.700 bits per heavy atom. The van der Waals surface area contributed by atoms with Gasteiger partial charge in [-0.15, -0.1) is 0 Å². The Kier molecular flexibility index (Phi) is 8.17. The van der Waals surface area contributed by atoms with Crippen molar-refractivity contribution in [3.05, 3.63) is 133 Å². The van der Waals surface area contributed by atoms with E-state index in [2.05, 4.69) is 60.7 Å². The van der Waals surface area contributed by atoms with Gasteiger partial charge >= 0.3 is 0 Å². The molecule has 0 unspecified atom stereocenters. The van der Waals surface area contributed by atoms with Gasteiger partial charge in [-0.2, -0.15) is 0 Å². The maximum atomic E-state index is 9.92. The molecule has 0 saturated heterocycles. The number of aliphatic hydroxyl groups is 2. The van der Waals surface area contributed by atoms with Gasteiger partial charge in [-0.05, 0) is 126 Å². The standard InChI is InChI=1S/C44H34O6/c45-17-19-49-41-15-9-35-23-31(27-1-3-33-25-37(47)11-5-29(33)21-27)7-13-39(35)43(41)44-40-14-8-32(24-36(40)10-16-42(44)50-20-18-46)28-2-4-34-26-38(48)12-6-30(34)22-28/h1-16,21-26,45-48H,17-20H2. The average molecular weight is 659 g/mol. The van der Waals surface area contributed by atoms with E-state index in [1.165, 1.54) is 0 Å². The molecular weight excluding hydrogens is 624 g/mol. The molecule has 0 aliphatic carbocycles. The largest absolute Gasteiger partial charge is 0.508 e. The molecule has 0 atom stereocenters. The monoisotopic (exact) mass is 658 g/mol. The minimum absolute atomic E-state index is 0.130. The Hall–Kier alpha value is -6.08. The van der Waals surface area contributed by atoms with Gasteiger partial charge in [0.2, 0.25) is 0 Å². The molecule has 50 heavy (non-hydrogen) atoms. The third kappa shape index (κ3) is 5.81. The van der Waals surface area contributed by atoms with Crippen molar-refractivity contribution in [3.63, 3.8) is 0 Å². The summed E-state index contributed by atoms with van der Waals surface area (Å²) in [5, 5.41) is 47.2. The van der Waals surface area contributed by atoms with Crippen LogP contribution in [0.5, 0.6) is 23.0 Å². The number of fused-ring (bicyclic) bond motifs is 4. The summed E-state index contributed by atoms with van der Waals surface area (Å²) in [5.74, 6) is 1.72. The third-order valence-electron chi connectivity index (χ3n) is 9.23. The lowest BCUT2D eigenvalue weighted by Crippen LogP contribution is -2.05. The Balaban J connectivity index is 1.30. The van der Waals surface area contributed by atoms with Gasteiger partial charge < -0.3 is 29.9 Å². The van der Waals surface area contributed by atoms with Crippen LogP contribution < -0.4 is 9.47 Å².